The Morgan fingerprint density at radius 2 is 0.722 bits per heavy atom. The predicted octanol–water partition coefficient (Wildman–Crippen LogP) is 8.64. The molecule has 2 heterocycles. The van der Waals surface area contributed by atoms with Gasteiger partial charge in [0.1, 0.15) is 12.5 Å². The first kappa shape index (κ1) is 20.4. The van der Waals surface area contributed by atoms with Gasteiger partial charge in [0.25, 0.3) is 0 Å². The summed E-state index contributed by atoms with van der Waals surface area (Å²) < 4.78 is 11.0. The van der Waals surface area contributed by atoms with Gasteiger partial charge in [0, 0.05) is 11.1 Å². The maximum atomic E-state index is 5.48. The van der Waals surface area contributed by atoms with Gasteiger partial charge in [-0.2, -0.15) is 0 Å². The summed E-state index contributed by atoms with van der Waals surface area (Å²) in [6, 6.07) is 34.2. The lowest BCUT2D eigenvalue weighted by Gasteiger charge is -2.18. The SMILES string of the molecule is c1ccc2c(-c3ccc(-c4ncco4)cc3)c3ccccc3c(-c3ccc(-c4ncco4)cc3)c2c1. The van der Waals surface area contributed by atoms with Crippen LogP contribution in [-0.2, 0) is 0 Å². The van der Waals surface area contributed by atoms with E-state index in [2.05, 4.69) is 107 Å². The lowest BCUT2D eigenvalue weighted by molar-refractivity contribution is 0.574. The molecule has 36 heavy (non-hydrogen) atoms. The second-order valence-corrected chi connectivity index (χ2v) is 8.67. The van der Waals surface area contributed by atoms with E-state index in [9.17, 15) is 0 Å². The van der Waals surface area contributed by atoms with Crippen LogP contribution in [0, 0.1) is 0 Å². The molecule has 0 aliphatic rings. The zero-order chi connectivity index (χ0) is 23.9. The highest BCUT2D eigenvalue weighted by molar-refractivity contribution is 6.21. The van der Waals surface area contributed by atoms with Crippen LogP contribution in [0.1, 0.15) is 0 Å². The Morgan fingerprint density at radius 1 is 0.389 bits per heavy atom. The van der Waals surface area contributed by atoms with Crippen LogP contribution >= 0.6 is 0 Å². The summed E-state index contributed by atoms with van der Waals surface area (Å²) in [6.45, 7) is 0. The highest BCUT2D eigenvalue weighted by Crippen LogP contribution is 2.44. The predicted molar refractivity (Wildman–Crippen MR) is 143 cm³/mol. The summed E-state index contributed by atoms with van der Waals surface area (Å²) in [5, 5.41) is 4.86. The summed E-state index contributed by atoms with van der Waals surface area (Å²) in [5.74, 6) is 1.25. The van der Waals surface area contributed by atoms with Crippen molar-refractivity contribution >= 4 is 21.5 Å². The minimum Gasteiger partial charge on any atom is -0.445 e. The average molecular weight is 465 g/mol. The number of hydrogen-bond acceptors (Lipinski definition) is 4. The Morgan fingerprint density at radius 3 is 1.03 bits per heavy atom. The minimum atomic E-state index is 0.625. The third-order valence-electron chi connectivity index (χ3n) is 6.64. The number of oxazole rings is 2. The van der Waals surface area contributed by atoms with Crippen molar-refractivity contribution < 1.29 is 8.83 Å². The van der Waals surface area contributed by atoms with E-state index >= 15 is 0 Å². The fraction of sp³-hybridized carbons (Fsp3) is 0. The molecule has 0 radical (unpaired) electrons. The van der Waals surface area contributed by atoms with Crippen LogP contribution in [-0.4, -0.2) is 9.97 Å². The maximum Gasteiger partial charge on any atom is 0.225 e. The van der Waals surface area contributed by atoms with E-state index < -0.39 is 0 Å². The molecule has 0 N–H and O–H groups in total. The van der Waals surface area contributed by atoms with Crippen LogP contribution in [0.4, 0.5) is 0 Å². The summed E-state index contributed by atoms with van der Waals surface area (Å²) in [5.41, 5.74) is 6.67. The van der Waals surface area contributed by atoms with Crippen LogP contribution in [0.3, 0.4) is 0 Å². The summed E-state index contributed by atoms with van der Waals surface area (Å²) in [7, 11) is 0. The molecule has 7 rings (SSSR count). The first-order chi connectivity index (χ1) is 17.9. The topological polar surface area (TPSA) is 52.1 Å². The number of benzene rings is 5. The molecule has 0 amide bonds. The van der Waals surface area contributed by atoms with Crippen molar-refractivity contribution in [1.29, 1.82) is 0 Å². The molecule has 0 aliphatic heterocycles. The van der Waals surface area contributed by atoms with Crippen molar-refractivity contribution in [2.45, 2.75) is 0 Å². The van der Waals surface area contributed by atoms with Crippen molar-refractivity contribution in [2.24, 2.45) is 0 Å². The molecule has 2 aromatic heterocycles. The Hall–Kier alpha value is -4.96. The van der Waals surface area contributed by atoms with E-state index in [4.69, 9.17) is 8.83 Å². The number of nitrogens with zero attached hydrogens (tertiary/aromatic N) is 2. The van der Waals surface area contributed by atoms with Crippen LogP contribution in [0.25, 0.3) is 66.7 Å². The highest BCUT2D eigenvalue weighted by Gasteiger charge is 2.17. The number of hydrogen-bond donors (Lipinski definition) is 0. The molecule has 170 valence electrons. The van der Waals surface area contributed by atoms with Crippen molar-refractivity contribution in [3.05, 3.63) is 122 Å². The van der Waals surface area contributed by atoms with Crippen molar-refractivity contribution in [1.82, 2.24) is 9.97 Å². The molecule has 0 aliphatic carbocycles. The molecule has 0 saturated carbocycles. The van der Waals surface area contributed by atoms with Crippen molar-refractivity contribution in [2.75, 3.05) is 0 Å². The van der Waals surface area contributed by atoms with E-state index in [0.29, 0.717) is 11.8 Å². The van der Waals surface area contributed by atoms with Gasteiger partial charge >= 0.3 is 0 Å². The van der Waals surface area contributed by atoms with E-state index in [0.717, 1.165) is 22.3 Å². The van der Waals surface area contributed by atoms with Gasteiger partial charge in [-0.1, -0.05) is 72.8 Å². The first-order valence-corrected chi connectivity index (χ1v) is 11.8. The quantitative estimate of drug-likeness (QED) is 0.245. The average Bonchev–Trinajstić information content (AvgIpc) is 3.67. The van der Waals surface area contributed by atoms with E-state index in [1.54, 1.807) is 24.9 Å². The van der Waals surface area contributed by atoms with Gasteiger partial charge in [-0.05, 0) is 68.1 Å². The molecule has 0 bridgehead atoms. The standard InChI is InChI=1S/C32H20N2O2/c1-2-6-26-25(5-1)29(21-9-13-23(14-10-21)31-33-17-19-35-31)27-7-3-4-8-28(27)30(26)22-11-15-24(16-12-22)32-34-18-20-36-32/h1-20H. The smallest absolute Gasteiger partial charge is 0.225 e. The number of rotatable bonds is 4. The molecule has 0 fully saturated rings. The molecular formula is C32H20N2O2. The first-order valence-electron chi connectivity index (χ1n) is 11.8. The fourth-order valence-electron chi connectivity index (χ4n) is 5.04. The Kier molecular flexibility index (Phi) is 4.74. The van der Waals surface area contributed by atoms with Gasteiger partial charge in [0.15, 0.2) is 0 Å². The second-order valence-electron chi connectivity index (χ2n) is 8.67. The van der Waals surface area contributed by atoms with E-state index in [1.807, 2.05) is 0 Å². The van der Waals surface area contributed by atoms with Crippen molar-refractivity contribution in [3.63, 3.8) is 0 Å². The fourth-order valence-corrected chi connectivity index (χ4v) is 5.04. The third-order valence-corrected chi connectivity index (χ3v) is 6.64. The van der Waals surface area contributed by atoms with Gasteiger partial charge in [0.05, 0.1) is 12.4 Å². The monoisotopic (exact) mass is 464 g/mol. The Labute approximate surface area is 207 Å². The van der Waals surface area contributed by atoms with Gasteiger partial charge in [-0.15, -0.1) is 0 Å². The summed E-state index contributed by atoms with van der Waals surface area (Å²) >= 11 is 0. The second kappa shape index (κ2) is 8.36. The highest BCUT2D eigenvalue weighted by atomic mass is 16.3. The number of fused-ring (bicyclic) bond motifs is 2. The minimum absolute atomic E-state index is 0.625. The zero-order valence-corrected chi connectivity index (χ0v) is 19.3. The molecule has 7 aromatic rings. The zero-order valence-electron chi connectivity index (χ0n) is 19.3. The Bertz CT molecular complexity index is 1610. The van der Waals surface area contributed by atoms with Crippen LogP contribution in [0.2, 0.25) is 0 Å². The van der Waals surface area contributed by atoms with Gasteiger partial charge in [-0.25, -0.2) is 9.97 Å². The van der Waals surface area contributed by atoms with Gasteiger partial charge in [0.2, 0.25) is 11.8 Å². The maximum absolute atomic E-state index is 5.48. The molecule has 4 heteroatoms. The third kappa shape index (κ3) is 3.31. The van der Waals surface area contributed by atoms with Crippen LogP contribution in [0.15, 0.2) is 131 Å². The molecule has 0 atom stereocenters. The molecule has 0 spiro atoms. The molecular weight excluding hydrogens is 444 g/mol. The van der Waals surface area contributed by atoms with Crippen molar-refractivity contribution in [3.8, 4) is 45.2 Å². The summed E-state index contributed by atoms with van der Waals surface area (Å²) in [6.07, 6.45) is 6.53. The molecule has 5 aromatic carbocycles. The summed E-state index contributed by atoms with van der Waals surface area (Å²) in [4.78, 5) is 8.56. The lowest BCUT2D eigenvalue weighted by atomic mass is 9.85. The van der Waals surface area contributed by atoms with E-state index in [-0.39, 0.29) is 0 Å². The molecule has 0 unspecified atom stereocenters. The van der Waals surface area contributed by atoms with E-state index in [1.165, 1.54) is 32.7 Å². The number of aromatic nitrogens is 2. The van der Waals surface area contributed by atoms with Gasteiger partial charge in [-0.3, -0.25) is 0 Å². The molecule has 4 nitrogen and oxygen atoms in total. The lowest BCUT2D eigenvalue weighted by Crippen LogP contribution is -1.91. The molecule has 0 saturated heterocycles. The normalized spacial score (nSPS) is 11.3. The van der Waals surface area contributed by atoms with Gasteiger partial charge < -0.3 is 8.83 Å². The Balaban J connectivity index is 1.45. The largest absolute Gasteiger partial charge is 0.445 e. The van der Waals surface area contributed by atoms with Crippen LogP contribution in [0.5, 0.6) is 0 Å². The van der Waals surface area contributed by atoms with Crippen LogP contribution < -0.4 is 0 Å².